The van der Waals surface area contributed by atoms with E-state index < -0.39 is 0 Å². The molecule has 1 amide bonds. The molecule has 0 aliphatic rings. The van der Waals surface area contributed by atoms with Gasteiger partial charge < -0.3 is 21.1 Å². The van der Waals surface area contributed by atoms with Gasteiger partial charge in [-0.2, -0.15) is 0 Å². The lowest BCUT2D eigenvalue weighted by Crippen LogP contribution is -2.41. The average molecular weight is 462 g/mol. The third kappa shape index (κ3) is 9.52. The monoisotopic (exact) mass is 462 g/mol. The van der Waals surface area contributed by atoms with Crippen molar-refractivity contribution in [2.24, 2.45) is 10.9 Å². The van der Waals surface area contributed by atoms with Crippen LogP contribution in [-0.4, -0.2) is 43.2 Å². The number of phenols is 1. The molecule has 0 radical (unpaired) electrons. The Hall–Kier alpha value is -1.51. The predicted octanol–water partition coefficient (Wildman–Crippen LogP) is 2.73. The third-order valence-electron chi connectivity index (χ3n) is 3.84. The van der Waals surface area contributed by atoms with Crippen LogP contribution in [0.15, 0.2) is 29.3 Å². The van der Waals surface area contributed by atoms with Crippen LogP contribution in [0.4, 0.5) is 0 Å². The highest BCUT2D eigenvalue weighted by atomic mass is 127. The molecule has 0 aliphatic heterocycles. The van der Waals surface area contributed by atoms with Gasteiger partial charge in [0.25, 0.3) is 5.91 Å². The molecular formula is C18H31IN4O2. The Bertz CT molecular complexity index is 516. The SMILES string of the molecule is CCNC(=NCC(CC)CC)NCCNC(=O)c1ccc(O)cc1.I. The zero-order chi connectivity index (χ0) is 17.8. The fourth-order valence-electron chi connectivity index (χ4n) is 2.18. The van der Waals surface area contributed by atoms with Crippen LogP contribution in [0, 0.1) is 5.92 Å². The quantitative estimate of drug-likeness (QED) is 0.197. The van der Waals surface area contributed by atoms with Crippen LogP contribution in [-0.2, 0) is 0 Å². The van der Waals surface area contributed by atoms with Crippen LogP contribution in [0.3, 0.4) is 0 Å². The number of carbonyl (C=O) groups is 1. The van der Waals surface area contributed by atoms with Crippen molar-refractivity contribution < 1.29 is 9.90 Å². The largest absolute Gasteiger partial charge is 0.508 e. The predicted molar refractivity (Wildman–Crippen MR) is 114 cm³/mol. The molecule has 0 bridgehead atoms. The number of nitrogens with one attached hydrogen (secondary N) is 3. The number of rotatable bonds is 9. The smallest absolute Gasteiger partial charge is 0.251 e. The van der Waals surface area contributed by atoms with Gasteiger partial charge in [-0.3, -0.25) is 9.79 Å². The molecule has 0 unspecified atom stereocenters. The van der Waals surface area contributed by atoms with Gasteiger partial charge in [0.1, 0.15) is 5.75 Å². The van der Waals surface area contributed by atoms with Crippen LogP contribution < -0.4 is 16.0 Å². The molecule has 0 spiro atoms. The Morgan fingerprint density at radius 2 is 1.64 bits per heavy atom. The molecule has 142 valence electrons. The van der Waals surface area contributed by atoms with Crippen molar-refractivity contribution in [3.8, 4) is 5.75 Å². The normalized spacial score (nSPS) is 11.0. The molecule has 0 heterocycles. The molecule has 1 aromatic carbocycles. The average Bonchev–Trinajstić information content (AvgIpc) is 2.59. The van der Waals surface area contributed by atoms with Crippen LogP contribution in [0.5, 0.6) is 5.75 Å². The summed E-state index contributed by atoms with van der Waals surface area (Å²) in [6, 6.07) is 6.19. The lowest BCUT2D eigenvalue weighted by atomic mass is 10.0. The number of carbonyl (C=O) groups excluding carboxylic acids is 1. The Balaban J connectivity index is 0.00000576. The van der Waals surface area contributed by atoms with E-state index in [4.69, 9.17) is 0 Å². The maximum Gasteiger partial charge on any atom is 0.251 e. The molecule has 0 aromatic heterocycles. The number of halogens is 1. The summed E-state index contributed by atoms with van der Waals surface area (Å²) in [6.07, 6.45) is 2.25. The molecule has 4 N–H and O–H groups in total. The molecule has 7 heteroatoms. The maximum atomic E-state index is 12.0. The number of phenolic OH excluding ortho intramolecular Hbond substituents is 1. The summed E-state index contributed by atoms with van der Waals surface area (Å²) in [5.41, 5.74) is 0.530. The van der Waals surface area contributed by atoms with Crippen molar-refractivity contribution in [1.82, 2.24) is 16.0 Å². The molecular weight excluding hydrogens is 431 g/mol. The lowest BCUT2D eigenvalue weighted by molar-refractivity contribution is 0.0954. The van der Waals surface area contributed by atoms with E-state index in [0.29, 0.717) is 24.6 Å². The number of hydrogen-bond acceptors (Lipinski definition) is 3. The number of benzene rings is 1. The van der Waals surface area contributed by atoms with E-state index in [0.717, 1.165) is 31.9 Å². The summed E-state index contributed by atoms with van der Waals surface area (Å²) in [5.74, 6) is 1.38. The second-order valence-electron chi connectivity index (χ2n) is 5.63. The second kappa shape index (κ2) is 13.7. The summed E-state index contributed by atoms with van der Waals surface area (Å²) >= 11 is 0. The summed E-state index contributed by atoms with van der Waals surface area (Å²) in [4.78, 5) is 16.5. The molecule has 0 fully saturated rings. The molecule has 0 aliphatic carbocycles. The van der Waals surface area contributed by atoms with Crippen molar-refractivity contribution in [3.05, 3.63) is 29.8 Å². The molecule has 0 saturated heterocycles. The Kier molecular flexibility index (Phi) is 12.9. The Labute approximate surface area is 167 Å². The minimum absolute atomic E-state index is 0. The van der Waals surface area contributed by atoms with E-state index in [1.165, 1.54) is 12.1 Å². The molecule has 25 heavy (non-hydrogen) atoms. The van der Waals surface area contributed by atoms with Gasteiger partial charge in [-0.15, -0.1) is 24.0 Å². The van der Waals surface area contributed by atoms with Gasteiger partial charge in [0.2, 0.25) is 0 Å². The minimum atomic E-state index is -0.157. The first kappa shape index (κ1) is 23.5. The third-order valence-corrected chi connectivity index (χ3v) is 3.84. The van der Waals surface area contributed by atoms with E-state index in [2.05, 4.69) is 34.8 Å². The standard InChI is InChI=1S/C18H30N4O2.HI/c1-4-14(5-2)13-22-18(19-6-3)21-12-11-20-17(24)15-7-9-16(23)10-8-15;/h7-10,14,23H,4-6,11-13H2,1-3H3,(H,20,24)(H2,19,21,22);1H. The van der Waals surface area contributed by atoms with Crippen molar-refractivity contribution in [1.29, 1.82) is 0 Å². The molecule has 0 saturated carbocycles. The van der Waals surface area contributed by atoms with Crippen molar-refractivity contribution in [2.45, 2.75) is 33.6 Å². The van der Waals surface area contributed by atoms with E-state index in [9.17, 15) is 9.90 Å². The van der Waals surface area contributed by atoms with E-state index in [1.54, 1.807) is 12.1 Å². The van der Waals surface area contributed by atoms with Gasteiger partial charge in [0, 0.05) is 31.7 Å². The fourth-order valence-corrected chi connectivity index (χ4v) is 2.18. The molecule has 6 nitrogen and oxygen atoms in total. The van der Waals surface area contributed by atoms with Crippen LogP contribution in [0.1, 0.15) is 44.0 Å². The van der Waals surface area contributed by atoms with Crippen molar-refractivity contribution >= 4 is 35.8 Å². The highest BCUT2D eigenvalue weighted by Gasteiger charge is 2.05. The van der Waals surface area contributed by atoms with Gasteiger partial charge in [-0.25, -0.2) is 0 Å². The number of nitrogens with zero attached hydrogens (tertiary/aromatic N) is 1. The fraction of sp³-hybridized carbons (Fsp3) is 0.556. The summed E-state index contributed by atoms with van der Waals surface area (Å²) in [5, 5.41) is 18.5. The summed E-state index contributed by atoms with van der Waals surface area (Å²) in [7, 11) is 0. The van der Waals surface area contributed by atoms with E-state index in [-0.39, 0.29) is 35.6 Å². The molecule has 1 aromatic rings. The van der Waals surface area contributed by atoms with E-state index >= 15 is 0 Å². The van der Waals surface area contributed by atoms with Crippen LogP contribution in [0.2, 0.25) is 0 Å². The first-order valence-electron chi connectivity index (χ1n) is 8.70. The highest BCUT2D eigenvalue weighted by Crippen LogP contribution is 2.09. The second-order valence-corrected chi connectivity index (χ2v) is 5.63. The van der Waals surface area contributed by atoms with Gasteiger partial charge in [-0.1, -0.05) is 26.7 Å². The van der Waals surface area contributed by atoms with Gasteiger partial charge in [0.05, 0.1) is 0 Å². The molecule has 1 rings (SSSR count). The zero-order valence-corrected chi connectivity index (χ0v) is 17.7. The van der Waals surface area contributed by atoms with Crippen molar-refractivity contribution in [3.63, 3.8) is 0 Å². The topological polar surface area (TPSA) is 85.8 Å². The van der Waals surface area contributed by atoms with Crippen molar-refractivity contribution in [2.75, 3.05) is 26.2 Å². The van der Waals surface area contributed by atoms with Gasteiger partial charge in [-0.05, 0) is 37.1 Å². The number of hydrogen-bond donors (Lipinski definition) is 4. The van der Waals surface area contributed by atoms with Crippen LogP contribution >= 0.6 is 24.0 Å². The number of amides is 1. The first-order chi connectivity index (χ1) is 11.6. The Morgan fingerprint density at radius 3 is 2.20 bits per heavy atom. The number of guanidine groups is 1. The lowest BCUT2D eigenvalue weighted by Gasteiger charge is -2.14. The van der Waals surface area contributed by atoms with E-state index in [1.807, 2.05) is 6.92 Å². The number of aliphatic imine (C=N–C) groups is 1. The van der Waals surface area contributed by atoms with Crippen LogP contribution in [0.25, 0.3) is 0 Å². The summed E-state index contributed by atoms with van der Waals surface area (Å²) < 4.78 is 0. The molecule has 0 atom stereocenters. The number of aromatic hydroxyl groups is 1. The minimum Gasteiger partial charge on any atom is -0.508 e. The summed E-state index contributed by atoms with van der Waals surface area (Å²) in [6.45, 7) is 9.09. The first-order valence-corrected chi connectivity index (χ1v) is 8.70. The van der Waals surface area contributed by atoms with Gasteiger partial charge >= 0.3 is 0 Å². The maximum absolute atomic E-state index is 12.0. The highest BCUT2D eigenvalue weighted by molar-refractivity contribution is 14.0. The Morgan fingerprint density at radius 1 is 1.04 bits per heavy atom. The zero-order valence-electron chi connectivity index (χ0n) is 15.3. The van der Waals surface area contributed by atoms with Gasteiger partial charge in [0.15, 0.2) is 5.96 Å².